The van der Waals surface area contributed by atoms with E-state index in [1.165, 1.54) is 12.8 Å². The molecule has 1 saturated heterocycles. The number of aliphatic hydroxyl groups excluding tert-OH is 1. The first-order valence-electron chi connectivity index (χ1n) is 5.61. The number of nitrogens with zero attached hydrogens (tertiary/aromatic N) is 2. The summed E-state index contributed by atoms with van der Waals surface area (Å²) in [6, 6.07) is 0.928. The number of rotatable bonds is 4. The molecule has 3 unspecified atom stereocenters. The first-order chi connectivity index (χ1) is 6.52. The molecule has 0 aliphatic carbocycles. The van der Waals surface area contributed by atoms with Crippen LogP contribution in [0.15, 0.2) is 0 Å². The van der Waals surface area contributed by atoms with E-state index in [0.717, 1.165) is 13.1 Å². The summed E-state index contributed by atoms with van der Waals surface area (Å²) in [5.41, 5.74) is 0. The Morgan fingerprint density at radius 3 is 2.57 bits per heavy atom. The molecule has 1 aliphatic rings. The molecule has 0 amide bonds. The van der Waals surface area contributed by atoms with Crippen LogP contribution >= 0.6 is 0 Å². The summed E-state index contributed by atoms with van der Waals surface area (Å²) in [6.45, 7) is 6.26. The summed E-state index contributed by atoms with van der Waals surface area (Å²) >= 11 is 0. The lowest BCUT2D eigenvalue weighted by Crippen LogP contribution is -2.46. The minimum atomic E-state index is -0.224. The number of likely N-dealkylation sites (N-methyl/N-ethyl adjacent to an activating group) is 1. The van der Waals surface area contributed by atoms with Gasteiger partial charge in [-0.2, -0.15) is 0 Å². The summed E-state index contributed by atoms with van der Waals surface area (Å²) in [5, 5.41) is 9.58. The predicted molar refractivity (Wildman–Crippen MR) is 59.4 cm³/mol. The molecule has 0 radical (unpaired) electrons. The van der Waals surface area contributed by atoms with Gasteiger partial charge in [0.2, 0.25) is 0 Å². The molecule has 0 bridgehead atoms. The Balaban J connectivity index is 2.50. The van der Waals surface area contributed by atoms with E-state index in [-0.39, 0.29) is 6.10 Å². The zero-order valence-electron chi connectivity index (χ0n) is 9.90. The molecule has 3 heteroatoms. The highest BCUT2D eigenvalue weighted by Crippen LogP contribution is 2.21. The SMILES string of the molecule is CC(O)C(C)N1CCCC1CN(C)C. The first kappa shape index (κ1) is 12.0. The molecule has 1 heterocycles. The van der Waals surface area contributed by atoms with Crippen LogP contribution in [0.2, 0.25) is 0 Å². The van der Waals surface area contributed by atoms with E-state index in [1.54, 1.807) is 0 Å². The molecule has 1 rings (SSSR count). The van der Waals surface area contributed by atoms with E-state index in [4.69, 9.17) is 0 Å². The maximum absolute atomic E-state index is 9.58. The van der Waals surface area contributed by atoms with Gasteiger partial charge >= 0.3 is 0 Å². The highest BCUT2D eigenvalue weighted by atomic mass is 16.3. The predicted octanol–water partition coefficient (Wildman–Crippen LogP) is 0.782. The van der Waals surface area contributed by atoms with Crippen LogP contribution in [0.5, 0.6) is 0 Å². The molecule has 3 nitrogen and oxygen atoms in total. The summed E-state index contributed by atoms with van der Waals surface area (Å²) < 4.78 is 0. The van der Waals surface area contributed by atoms with Gasteiger partial charge in [0.15, 0.2) is 0 Å². The lowest BCUT2D eigenvalue weighted by molar-refractivity contribution is 0.0562. The van der Waals surface area contributed by atoms with Crippen LogP contribution in [-0.4, -0.2) is 60.3 Å². The molecule has 84 valence electrons. The molecule has 0 spiro atoms. The Morgan fingerprint density at radius 2 is 2.07 bits per heavy atom. The Hall–Kier alpha value is -0.120. The Labute approximate surface area is 87.7 Å². The van der Waals surface area contributed by atoms with Gasteiger partial charge in [-0.1, -0.05) is 0 Å². The van der Waals surface area contributed by atoms with Crippen molar-refractivity contribution in [1.82, 2.24) is 9.80 Å². The fourth-order valence-corrected chi connectivity index (χ4v) is 2.29. The van der Waals surface area contributed by atoms with Gasteiger partial charge in [0.05, 0.1) is 6.10 Å². The van der Waals surface area contributed by atoms with Crippen molar-refractivity contribution in [1.29, 1.82) is 0 Å². The summed E-state index contributed by atoms with van der Waals surface area (Å²) in [6.07, 6.45) is 2.32. The number of hydrogen-bond acceptors (Lipinski definition) is 3. The zero-order valence-corrected chi connectivity index (χ0v) is 9.90. The molecule has 1 N–H and O–H groups in total. The molecule has 0 aromatic rings. The van der Waals surface area contributed by atoms with Gasteiger partial charge in [0.1, 0.15) is 0 Å². The average molecular weight is 200 g/mol. The van der Waals surface area contributed by atoms with Crippen LogP contribution in [0.3, 0.4) is 0 Å². The third kappa shape index (κ3) is 2.94. The maximum Gasteiger partial charge on any atom is 0.0664 e. The summed E-state index contributed by atoms with van der Waals surface area (Å²) in [4.78, 5) is 4.68. The van der Waals surface area contributed by atoms with Gasteiger partial charge in [-0.25, -0.2) is 0 Å². The fourth-order valence-electron chi connectivity index (χ4n) is 2.29. The quantitative estimate of drug-likeness (QED) is 0.726. The molecule has 0 aromatic carbocycles. The van der Waals surface area contributed by atoms with Crippen molar-refractivity contribution in [3.63, 3.8) is 0 Å². The first-order valence-corrected chi connectivity index (χ1v) is 5.61. The smallest absolute Gasteiger partial charge is 0.0664 e. The topological polar surface area (TPSA) is 26.7 Å². The molecular weight excluding hydrogens is 176 g/mol. The van der Waals surface area contributed by atoms with Crippen molar-refractivity contribution in [2.75, 3.05) is 27.2 Å². The Kier molecular flexibility index (Phi) is 4.35. The monoisotopic (exact) mass is 200 g/mol. The van der Waals surface area contributed by atoms with E-state index in [0.29, 0.717) is 12.1 Å². The lowest BCUT2D eigenvalue weighted by atomic mass is 10.1. The molecule has 0 aromatic heterocycles. The van der Waals surface area contributed by atoms with E-state index < -0.39 is 0 Å². The van der Waals surface area contributed by atoms with E-state index in [1.807, 2.05) is 6.92 Å². The second-order valence-corrected chi connectivity index (χ2v) is 4.78. The fraction of sp³-hybridized carbons (Fsp3) is 1.00. The minimum Gasteiger partial charge on any atom is -0.392 e. The van der Waals surface area contributed by atoms with Crippen LogP contribution in [0.1, 0.15) is 26.7 Å². The summed E-state index contributed by atoms with van der Waals surface area (Å²) in [7, 11) is 4.23. The van der Waals surface area contributed by atoms with Gasteiger partial charge in [-0.15, -0.1) is 0 Å². The van der Waals surface area contributed by atoms with Crippen LogP contribution < -0.4 is 0 Å². The van der Waals surface area contributed by atoms with E-state index in [9.17, 15) is 5.11 Å². The Morgan fingerprint density at radius 1 is 1.43 bits per heavy atom. The van der Waals surface area contributed by atoms with Crippen molar-refractivity contribution in [3.8, 4) is 0 Å². The molecule has 0 saturated carbocycles. The van der Waals surface area contributed by atoms with Crippen molar-refractivity contribution in [2.45, 2.75) is 44.9 Å². The van der Waals surface area contributed by atoms with Crippen molar-refractivity contribution >= 4 is 0 Å². The van der Waals surface area contributed by atoms with Crippen LogP contribution in [0, 0.1) is 0 Å². The van der Waals surface area contributed by atoms with Crippen molar-refractivity contribution in [2.24, 2.45) is 0 Å². The van der Waals surface area contributed by atoms with Crippen LogP contribution in [0.25, 0.3) is 0 Å². The third-order valence-electron chi connectivity index (χ3n) is 3.22. The second-order valence-electron chi connectivity index (χ2n) is 4.78. The number of hydrogen-bond donors (Lipinski definition) is 1. The number of aliphatic hydroxyl groups is 1. The Bertz CT molecular complexity index is 171. The normalized spacial score (nSPS) is 28.3. The molecule has 3 atom stereocenters. The average Bonchev–Trinajstić information content (AvgIpc) is 2.49. The second kappa shape index (κ2) is 5.10. The zero-order chi connectivity index (χ0) is 10.7. The molecule has 14 heavy (non-hydrogen) atoms. The van der Waals surface area contributed by atoms with E-state index >= 15 is 0 Å². The van der Waals surface area contributed by atoms with Gasteiger partial charge in [-0.3, -0.25) is 4.90 Å². The molecular formula is C11H24N2O. The van der Waals surface area contributed by atoms with Crippen LogP contribution in [0.4, 0.5) is 0 Å². The van der Waals surface area contributed by atoms with Crippen LogP contribution in [-0.2, 0) is 0 Å². The van der Waals surface area contributed by atoms with Gasteiger partial charge in [0, 0.05) is 18.6 Å². The molecule has 1 fully saturated rings. The van der Waals surface area contributed by atoms with Gasteiger partial charge in [0.25, 0.3) is 0 Å². The van der Waals surface area contributed by atoms with Gasteiger partial charge in [-0.05, 0) is 47.3 Å². The largest absolute Gasteiger partial charge is 0.392 e. The summed E-state index contributed by atoms with van der Waals surface area (Å²) in [5.74, 6) is 0. The van der Waals surface area contributed by atoms with Crippen molar-refractivity contribution in [3.05, 3.63) is 0 Å². The number of likely N-dealkylation sites (tertiary alicyclic amines) is 1. The molecule has 1 aliphatic heterocycles. The highest BCUT2D eigenvalue weighted by Gasteiger charge is 2.30. The lowest BCUT2D eigenvalue weighted by Gasteiger charge is -2.33. The van der Waals surface area contributed by atoms with Gasteiger partial charge < -0.3 is 10.0 Å². The van der Waals surface area contributed by atoms with E-state index in [2.05, 4.69) is 30.8 Å². The van der Waals surface area contributed by atoms with Crippen molar-refractivity contribution < 1.29 is 5.11 Å². The minimum absolute atomic E-state index is 0.224. The highest BCUT2D eigenvalue weighted by molar-refractivity contribution is 4.86. The standard InChI is InChI=1S/C11H24N2O/c1-9(10(2)14)13-7-5-6-11(13)8-12(3)4/h9-11,14H,5-8H2,1-4H3. The third-order valence-corrected chi connectivity index (χ3v) is 3.22. The maximum atomic E-state index is 9.58.